The van der Waals surface area contributed by atoms with Gasteiger partial charge in [-0.1, -0.05) is 12.8 Å². The minimum atomic E-state index is -4.51. The molecule has 0 aromatic carbocycles. The molecule has 2 aromatic rings. The van der Waals surface area contributed by atoms with Crippen LogP contribution in [0.4, 0.5) is 13.2 Å². The minimum absolute atomic E-state index is 0.110. The number of hydrogen-bond acceptors (Lipinski definition) is 3. The molecule has 3 heterocycles. The summed E-state index contributed by atoms with van der Waals surface area (Å²) in [7, 11) is 0. The van der Waals surface area contributed by atoms with E-state index in [1.54, 1.807) is 4.90 Å². The Balaban J connectivity index is 1.82. The third-order valence-electron chi connectivity index (χ3n) is 4.82. The highest BCUT2D eigenvalue weighted by molar-refractivity contribution is 5.76. The molecule has 6 nitrogen and oxygen atoms in total. The molecule has 0 radical (unpaired) electrons. The van der Waals surface area contributed by atoms with E-state index in [0.29, 0.717) is 6.54 Å². The number of alkyl halides is 3. The molecule has 0 saturated carbocycles. The summed E-state index contributed by atoms with van der Waals surface area (Å²) in [4.78, 5) is 14.6. The quantitative estimate of drug-likeness (QED) is 0.902. The number of hydrogen-bond donors (Lipinski definition) is 1. The maximum absolute atomic E-state index is 12.9. The van der Waals surface area contributed by atoms with Crippen LogP contribution >= 0.6 is 0 Å². The van der Waals surface area contributed by atoms with E-state index in [-0.39, 0.29) is 18.5 Å². The van der Waals surface area contributed by atoms with Gasteiger partial charge < -0.3 is 4.90 Å². The number of rotatable bonds is 3. The highest BCUT2D eigenvalue weighted by atomic mass is 19.4. The van der Waals surface area contributed by atoms with Crippen LogP contribution in [0.1, 0.15) is 54.4 Å². The maximum Gasteiger partial charge on any atom is 0.435 e. The highest BCUT2D eigenvalue weighted by Gasteiger charge is 2.34. The lowest BCUT2D eigenvalue weighted by Gasteiger charge is -2.30. The van der Waals surface area contributed by atoms with Crippen molar-refractivity contribution in [2.75, 3.05) is 6.54 Å². The molecule has 0 aliphatic carbocycles. The molecule has 2 aromatic heterocycles. The summed E-state index contributed by atoms with van der Waals surface area (Å²) in [5.41, 5.74) is 1.80. The summed E-state index contributed by atoms with van der Waals surface area (Å²) >= 11 is 0. The molecule has 1 unspecified atom stereocenters. The van der Waals surface area contributed by atoms with Crippen LogP contribution in [0.5, 0.6) is 0 Å². The summed E-state index contributed by atoms with van der Waals surface area (Å²) in [6.45, 7) is 4.20. The summed E-state index contributed by atoms with van der Waals surface area (Å²) < 4.78 is 39.2. The average molecular weight is 369 g/mol. The molecule has 9 heteroatoms. The zero-order chi connectivity index (χ0) is 18.9. The number of likely N-dealkylation sites (tertiary alicyclic amines) is 1. The van der Waals surface area contributed by atoms with Crippen LogP contribution in [-0.4, -0.2) is 37.3 Å². The number of aromatic nitrogens is 4. The van der Waals surface area contributed by atoms with Gasteiger partial charge in [0.1, 0.15) is 6.54 Å². The first-order chi connectivity index (χ1) is 12.3. The van der Waals surface area contributed by atoms with E-state index >= 15 is 0 Å². The maximum atomic E-state index is 12.9. The predicted octanol–water partition coefficient (Wildman–Crippen LogP) is 3.39. The van der Waals surface area contributed by atoms with E-state index in [4.69, 9.17) is 0 Å². The molecule has 1 amide bonds. The third kappa shape index (κ3) is 3.76. The molecule has 1 aliphatic rings. The van der Waals surface area contributed by atoms with Gasteiger partial charge >= 0.3 is 6.18 Å². The van der Waals surface area contributed by atoms with Crippen LogP contribution in [0.15, 0.2) is 12.3 Å². The summed E-state index contributed by atoms with van der Waals surface area (Å²) in [5, 5.41) is 10.7. The molecule has 142 valence electrons. The lowest BCUT2D eigenvalue weighted by Crippen LogP contribution is -2.37. The van der Waals surface area contributed by atoms with Crippen LogP contribution in [0.2, 0.25) is 0 Å². The largest absolute Gasteiger partial charge is 0.435 e. The van der Waals surface area contributed by atoms with E-state index in [1.807, 2.05) is 13.8 Å². The standard InChI is InChI=1S/C17H22F3N5O/c1-11-16(12(2)22-21-11)13-6-4-3-5-8-25(13)15(26)10-24-9-7-14(23-24)17(18,19)20/h7,9,13H,3-6,8,10H2,1-2H3,(H,21,22). The van der Waals surface area contributed by atoms with Gasteiger partial charge in [-0.25, -0.2) is 0 Å². The minimum Gasteiger partial charge on any atom is -0.334 e. The Hall–Kier alpha value is -2.32. The van der Waals surface area contributed by atoms with Gasteiger partial charge in [-0.05, 0) is 32.8 Å². The first-order valence-corrected chi connectivity index (χ1v) is 8.69. The molecule has 1 N–H and O–H groups in total. The fourth-order valence-corrected chi connectivity index (χ4v) is 3.59. The average Bonchev–Trinajstić information content (AvgIpc) is 3.07. The van der Waals surface area contributed by atoms with Gasteiger partial charge in [0.05, 0.1) is 11.7 Å². The van der Waals surface area contributed by atoms with Gasteiger partial charge in [0, 0.05) is 24.0 Å². The molecule has 1 aliphatic heterocycles. The Bertz CT molecular complexity index is 760. The Morgan fingerprint density at radius 2 is 2.08 bits per heavy atom. The number of amides is 1. The number of carbonyl (C=O) groups is 1. The Kier molecular flexibility index (Phi) is 5.06. The zero-order valence-electron chi connectivity index (χ0n) is 14.8. The van der Waals surface area contributed by atoms with Crippen LogP contribution in [0.25, 0.3) is 0 Å². The lowest BCUT2D eigenvalue weighted by atomic mass is 9.99. The molecule has 0 spiro atoms. The number of nitrogens with one attached hydrogen (secondary N) is 1. The van der Waals surface area contributed by atoms with Crippen LogP contribution in [0, 0.1) is 13.8 Å². The van der Waals surface area contributed by atoms with Crippen LogP contribution < -0.4 is 0 Å². The van der Waals surface area contributed by atoms with Gasteiger partial charge in [0.15, 0.2) is 5.69 Å². The smallest absolute Gasteiger partial charge is 0.334 e. The second kappa shape index (κ2) is 7.13. The number of halogens is 3. The van der Waals surface area contributed by atoms with Gasteiger partial charge in [0.2, 0.25) is 5.91 Å². The zero-order valence-corrected chi connectivity index (χ0v) is 14.8. The Morgan fingerprint density at radius 3 is 2.69 bits per heavy atom. The highest BCUT2D eigenvalue weighted by Crippen LogP contribution is 2.33. The van der Waals surface area contributed by atoms with Crippen molar-refractivity contribution in [1.82, 2.24) is 24.9 Å². The second-order valence-corrected chi connectivity index (χ2v) is 6.70. The molecule has 26 heavy (non-hydrogen) atoms. The fourth-order valence-electron chi connectivity index (χ4n) is 3.59. The summed E-state index contributed by atoms with van der Waals surface area (Å²) in [6, 6.07) is 0.777. The number of aromatic amines is 1. The number of H-pyrrole nitrogens is 1. The third-order valence-corrected chi connectivity index (χ3v) is 4.82. The Labute approximate surface area is 149 Å². The fraction of sp³-hybridized carbons (Fsp3) is 0.588. The van der Waals surface area contributed by atoms with Crippen LogP contribution in [0.3, 0.4) is 0 Å². The van der Waals surface area contributed by atoms with Crippen molar-refractivity contribution >= 4 is 5.91 Å². The van der Waals surface area contributed by atoms with Gasteiger partial charge in [-0.3, -0.25) is 14.6 Å². The van der Waals surface area contributed by atoms with Crippen molar-refractivity contribution in [2.24, 2.45) is 0 Å². The normalized spacial score (nSPS) is 18.8. The molecule has 0 bridgehead atoms. The predicted molar refractivity (Wildman–Crippen MR) is 88.2 cm³/mol. The number of nitrogens with zero attached hydrogens (tertiary/aromatic N) is 4. The van der Waals surface area contributed by atoms with Gasteiger partial charge in [0.25, 0.3) is 0 Å². The second-order valence-electron chi connectivity index (χ2n) is 6.70. The van der Waals surface area contributed by atoms with Crippen LogP contribution in [-0.2, 0) is 17.5 Å². The number of carbonyl (C=O) groups excluding carboxylic acids is 1. The first-order valence-electron chi connectivity index (χ1n) is 8.69. The van der Waals surface area contributed by atoms with Crippen molar-refractivity contribution in [2.45, 2.75) is 58.3 Å². The van der Waals surface area contributed by atoms with E-state index in [2.05, 4.69) is 15.3 Å². The molecular weight excluding hydrogens is 347 g/mol. The summed E-state index contributed by atoms with van der Waals surface area (Å²) in [5.74, 6) is -0.228. The topological polar surface area (TPSA) is 66.8 Å². The van der Waals surface area contributed by atoms with Crippen molar-refractivity contribution in [3.63, 3.8) is 0 Å². The molecule has 1 saturated heterocycles. The molecule has 1 fully saturated rings. The van der Waals surface area contributed by atoms with Crippen molar-refractivity contribution in [3.8, 4) is 0 Å². The van der Waals surface area contributed by atoms with Crippen molar-refractivity contribution in [1.29, 1.82) is 0 Å². The number of aryl methyl sites for hydroxylation is 2. The monoisotopic (exact) mass is 369 g/mol. The summed E-state index contributed by atoms with van der Waals surface area (Å²) in [6.07, 6.45) is 0.409. The SMILES string of the molecule is Cc1n[nH]c(C)c1C1CCCCCN1C(=O)Cn1ccc(C(F)(F)F)n1. The van der Waals surface area contributed by atoms with Gasteiger partial charge in [-0.15, -0.1) is 0 Å². The molecular formula is C17H22F3N5O. The van der Waals surface area contributed by atoms with E-state index in [9.17, 15) is 18.0 Å². The van der Waals surface area contributed by atoms with Crippen molar-refractivity contribution < 1.29 is 18.0 Å². The van der Waals surface area contributed by atoms with E-state index < -0.39 is 11.9 Å². The van der Waals surface area contributed by atoms with E-state index in [1.165, 1.54) is 6.20 Å². The van der Waals surface area contributed by atoms with Gasteiger partial charge in [-0.2, -0.15) is 23.4 Å². The molecule has 1 atom stereocenters. The lowest BCUT2D eigenvalue weighted by molar-refractivity contribution is -0.142. The van der Waals surface area contributed by atoms with E-state index in [0.717, 1.165) is 53.4 Å². The van der Waals surface area contributed by atoms with Crippen molar-refractivity contribution in [3.05, 3.63) is 34.9 Å². The first kappa shape index (κ1) is 18.5. The molecule has 3 rings (SSSR count). The Morgan fingerprint density at radius 1 is 1.31 bits per heavy atom.